The van der Waals surface area contributed by atoms with Gasteiger partial charge >= 0.3 is 0 Å². The lowest BCUT2D eigenvalue weighted by atomic mass is 10.3. The lowest BCUT2D eigenvalue weighted by Gasteiger charge is -2.20. The number of nitrogen functional groups attached to an aromatic ring is 2. The molecule has 3 unspecified atom stereocenters. The van der Waals surface area contributed by atoms with Crippen LogP contribution in [-0.4, -0.2) is 45.5 Å². The van der Waals surface area contributed by atoms with Crippen LogP contribution in [0, 0.1) is 0 Å². The normalized spacial score (nSPS) is 16.0. The molecule has 1 rings (SSSR count). The van der Waals surface area contributed by atoms with Crippen molar-refractivity contribution >= 4 is 11.9 Å². The van der Waals surface area contributed by atoms with Crippen molar-refractivity contribution in [1.29, 1.82) is 0 Å². The number of aliphatic hydroxyl groups is 1. The molecule has 0 radical (unpaired) electrons. The Morgan fingerprint density at radius 1 is 1.05 bits per heavy atom. The molecular formula is C11H21N5O3. The SMILES string of the molecule is CC(CO)OCC(C)OC(C)c1nc(N)nc(N)n1. The molecule has 0 aliphatic carbocycles. The summed E-state index contributed by atoms with van der Waals surface area (Å²) in [6.07, 6.45) is -0.774. The van der Waals surface area contributed by atoms with E-state index in [0.717, 1.165) is 0 Å². The molecule has 3 atom stereocenters. The topological polar surface area (TPSA) is 129 Å². The number of aromatic nitrogens is 3. The number of rotatable bonds is 7. The van der Waals surface area contributed by atoms with E-state index in [1.165, 1.54) is 0 Å². The Labute approximate surface area is 112 Å². The van der Waals surface area contributed by atoms with E-state index in [-0.39, 0.29) is 36.8 Å². The molecule has 0 amide bonds. The Hall–Kier alpha value is -1.51. The molecule has 5 N–H and O–H groups in total. The summed E-state index contributed by atoms with van der Waals surface area (Å²) in [4.78, 5) is 11.6. The van der Waals surface area contributed by atoms with E-state index >= 15 is 0 Å². The Morgan fingerprint density at radius 3 is 2.16 bits per heavy atom. The van der Waals surface area contributed by atoms with Crippen LogP contribution >= 0.6 is 0 Å². The van der Waals surface area contributed by atoms with Crippen LogP contribution in [0.25, 0.3) is 0 Å². The Kier molecular flexibility index (Phi) is 5.87. The minimum atomic E-state index is -0.379. The molecule has 0 bridgehead atoms. The number of nitrogens with two attached hydrogens (primary N) is 2. The van der Waals surface area contributed by atoms with Crippen molar-refractivity contribution in [2.75, 3.05) is 24.7 Å². The van der Waals surface area contributed by atoms with E-state index in [0.29, 0.717) is 12.4 Å². The van der Waals surface area contributed by atoms with Gasteiger partial charge in [-0.1, -0.05) is 0 Å². The molecule has 0 saturated carbocycles. The van der Waals surface area contributed by atoms with Gasteiger partial charge in [0.1, 0.15) is 6.10 Å². The molecule has 0 fully saturated rings. The molecule has 1 aromatic heterocycles. The highest BCUT2D eigenvalue weighted by Crippen LogP contribution is 2.16. The minimum Gasteiger partial charge on any atom is -0.394 e. The number of hydrogen-bond donors (Lipinski definition) is 3. The number of nitrogens with zero attached hydrogens (tertiary/aromatic N) is 3. The van der Waals surface area contributed by atoms with Crippen LogP contribution in [0.15, 0.2) is 0 Å². The van der Waals surface area contributed by atoms with Crippen LogP contribution in [0.4, 0.5) is 11.9 Å². The van der Waals surface area contributed by atoms with Crippen molar-refractivity contribution in [1.82, 2.24) is 15.0 Å². The van der Waals surface area contributed by atoms with Gasteiger partial charge in [0.15, 0.2) is 5.82 Å². The molecule has 0 aliphatic heterocycles. The quantitative estimate of drug-likeness (QED) is 0.626. The van der Waals surface area contributed by atoms with E-state index in [9.17, 15) is 0 Å². The average molecular weight is 271 g/mol. The van der Waals surface area contributed by atoms with Gasteiger partial charge in [0.2, 0.25) is 11.9 Å². The number of aliphatic hydroxyl groups excluding tert-OH is 1. The van der Waals surface area contributed by atoms with Crippen LogP contribution in [0.2, 0.25) is 0 Å². The van der Waals surface area contributed by atoms with Gasteiger partial charge < -0.3 is 26.0 Å². The van der Waals surface area contributed by atoms with E-state index in [1.54, 1.807) is 13.8 Å². The van der Waals surface area contributed by atoms with Crippen LogP contribution in [0.5, 0.6) is 0 Å². The highest BCUT2D eigenvalue weighted by Gasteiger charge is 2.16. The largest absolute Gasteiger partial charge is 0.394 e. The molecule has 19 heavy (non-hydrogen) atoms. The van der Waals surface area contributed by atoms with Gasteiger partial charge in [-0.25, -0.2) is 0 Å². The minimum absolute atomic E-state index is 0.0250. The zero-order valence-corrected chi connectivity index (χ0v) is 11.4. The maximum atomic E-state index is 8.85. The van der Waals surface area contributed by atoms with Crippen LogP contribution in [0.3, 0.4) is 0 Å². The first kappa shape index (κ1) is 15.5. The Morgan fingerprint density at radius 2 is 1.63 bits per heavy atom. The van der Waals surface area contributed by atoms with E-state index in [1.807, 2.05) is 6.92 Å². The number of ether oxygens (including phenoxy) is 2. The fraction of sp³-hybridized carbons (Fsp3) is 0.727. The highest BCUT2D eigenvalue weighted by molar-refractivity contribution is 5.26. The average Bonchev–Trinajstić information content (AvgIpc) is 2.34. The van der Waals surface area contributed by atoms with Crippen LogP contribution in [-0.2, 0) is 9.47 Å². The first-order valence-corrected chi connectivity index (χ1v) is 6.07. The Balaban J connectivity index is 2.51. The summed E-state index contributed by atoms with van der Waals surface area (Å²) in [7, 11) is 0. The zero-order valence-electron chi connectivity index (χ0n) is 11.4. The van der Waals surface area contributed by atoms with E-state index < -0.39 is 0 Å². The van der Waals surface area contributed by atoms with Gasteiger partial charge in [0, 0.05) is 0 Å². The zero-order chi connectivity index (χ0) is 14.4. The summed E-state index contributed by atoms with van der Waals surface area (Å²) in [5.74, 6) is 0.513. The molecule has 0 saturated heterocycles. The summed E-state index contributed by atoms with van der Waals surface area (Å²) >= 11 is 0. The molecule has 8 heteroatoms. The van der Waals surface area contributed by atoms with Crippen LogP contribution in [0.1, 0.15) is 32.7 Å². The fourth-order valence-corrected chi connectivity index (χ4v) is 1.41. The molecule has 0 spiro atoms. The van der Waals surface area contributed by atoms with Gasteiger partial charge in [-0.15, -0.1) is 0 Å². The summed E-state index contributed by atoms with van der Waals surface area (Å²) < 4.78 is 11.0. The summed E-state index contributed by atoms with van der Waals surface area (Å²) in [6.45, 7) is 5.77. The first-order valence-electron chi connectivity index (χ1n) is 6.07. The first-order chi connectivity index (χ1) is 8.92. The third kappa shape index (κ3) is 5.33. The van der Waals surface area contributed by atoms with E-state index in [4.69, 9.17) is 26.0 Å². The lowest BCUT2D eigenvalue weighted by Crippen LogP contribution is -2.24. The summed E-state index contributed by atoms with van der Waals surface area (Å²) in [6, 6.07) is 0. The molecule has 108 valence electrons. The highest BCUT2D eigenvalue weighted by atomic mass is 16.5. The Bertz CT molecular complexity index is 384. The molecule has 8 nitrogen and oxygen atoms in total. The third-order valence-electron chi connectivity index (χ3n) is 2.36. The van der Waals surface area contributed by atoms with Gasteiger partial charge in [-0.2, -0.15) is 15.0 Å². The van der Waals surface area contributed by atoms with Crippen molar-refractivity contribution in [3.8, 4) is 0 Å². The van der Waals surface area contributed by atoms with Gasteiger partial charge in [-0.3, -0.25) is 0 Å². The smallest absolute Gasteiger partial charge is 0.225 e. The number of hydrogen-bond acceptors (Lipinski definition) is 8. The van der Waals surface area contributed by atoms with Gasteiger partial charge in [-0.05, 0) is 20.8 Å². The molecule has 1 aromatic rings. The summed E-state index contributed by atoms with van der Waals surface area (Å²) in [5, 5.41) is 8.85. The van der Waals surface area contributed by atoms with Crippen molar-refractivity contribution in [2.45, 2.75) is 39.1 Å². The third-order valence-corrected chi connectivity index (χ3v) is 2.36. The van der Waals surface area contributed by atoms with Gasteiger partial charge in [0.25, 0.3) is 0 Å². The van der Waals surface area contributed by atoms with E-state index in [2.05, 4.69) is 15.0 Å². The molecule has 0 aromatic carbocycles. The molecule has 1 heterocycles. The maximum absolute atomic E-state index is 8.85. The summed E-state index contributed by atoms with van der Waals surface area (Å²) in [5.41, 5.74) is 11.0. The standard InChI is InChI=1S/C11H21N5O3/c1-6(4-17)18-5-7(2)19-8(3)9-14-10(12)16-11(13)15-9/h6-8,17H,4-5H2,1-3H3,(H4,12,13,14,15,16). The fourth-order valence-electron chi connectivity index (χ4n) is 1.41. The second-order valence-corrected chi connectivity index (χ2v) is 4.33. The molecular weight excluding hydrogens is 250 g/mol. The van der Waals surface area contributed by atoms with Crippen LogP contribution < -0.4 is 11.5 Å². The second kappa shape index (κ2) is 7.17. The predicted molar refractivity (Wildman–Crippen MR) is 70.1 cm³/mol. The van der Waals surface area contributed by atoms with Crippen molar-refractivity contribution in [3.05, 3.63) is 5.82 Å². The maximum Gasteiger partial charge on any atom is 0.225 e. The van der Waals surface area contributed by atoms with Crippen molar-refractivity contribution in [2.24, 2.45) is 0 Å². The van der Waals surface area contributed by atoms with Crippen molar-refractivity contribution < 1.29 is 14.6 Å². The molecule has 0 aliphatic rings. The predicted octanol–water partition coefficient (Wildman–Crippen LogP) is -0.100. The number of anilines is 2. The van der Waals surface area contributed by atoms with Crippen molar-refractivity contribution in [3.63, 3.8) is 0 Å². The monoisotopic (exact) mass is 271 g/mol. The lowest BCUT2D eigenvalue weighted by molar-refractivity contribution is -0.0707. The second-order valence-electron chi connectivity index (χ2n) is 4.33. The van der Waals surface area contributed by atoms with Gasteiger partial charge in [0.05, 0.1) is 25.4 Å².